The highest BCUT2D eigenvalue weighted by atomic mass is 16.4. The molecule has 0 bridgehead atoms. The van der Waals surface area contributed by atoms with Gasteiger partial charge in [0.1, 0.15) is 11.3 Å². The average Bonchev–Trinajstić information content (AvgIpc) is 2.37. The lowest BCUT2D eigenvalue weighted by Gasteiger charge is -2.11. The lowest BCUT2D eigenvalue weighted by Crippen LogP contribution is -1.99. The summed E-state index contributed by atoms with van der Waals surface area (Å²) in [5.74, 6) is 0.0973. The number of fused-ring (bicyclic) bond motifs is 1. The molecule has 0 atom stereocenters. The Morgan fingerprint density at radius 2 is 1.70 bits per heavy atom. The van der Waals surface area contributed by atoms with E-state index in [0.717, 1.165) is 27.6 Å². The van der Waals surface area contributed by atoms with Crippen molar-refractivity contribution in [3.63, 3.8) is 0 Å². The molecular weight excluding hydrogens is 252 g/mol. The van der Waals surface area contributed by atoms with Crippen molar-refractivity contribution in [3.8, 4) is 16.9 Å². The van der Waals surface area contributed by atoms with E-state index in [1.54, 1.807) is 6.07 Å². The number of phenols is 1. The van der Waals surface area contributed by atoms with E-state index in [2.05, 4.69) is 0 Å². The molecule has 1 N–H and O–H groups in total. The quantitative estimate of drug-likeness (QED) is 0.682. The molecule has 0 amide bonds. The second kappa shape index (κ2) is 4.53. The van der Waals surface area contributed by atoms with E-state index < -0.39 is 5.63 Å². The van der Waals surface area contributed by atoms with Crippen LogP contribution in [0, 0.1) is 13.8 Å². The first kappa shape index (κ1) is 12.5. The monoisotopic (exact) mass is 266 g/mol. The summed E-state index contributed by atoms with van der Waals surface area (Å²) in [6.45, 7) is 3.90. The first-order valence-corrected chi connectivity index (χ1v) is 6.40. The molecule has 2 aromatic carbocycles. The third-order valence-electron chi connectivity index (χ3n) is 3.46. The summed E-state index contributed by atoms with van der Waals surface area (Å²) < 4.78 is 5.21. The number of hydrogen-bond acceptors (Lipinski definition) is 3. The highest BCUT2D eigenvalue weighted by Gasteiger charge is 2.12. The van der Waals surface area contributed by atoms with Crippen molar-refractivity contribution in [1.82, 2.24) is 0 Å². The van der Waals surface area contributed by atoms with Crippen molar-refractivity contribution in [3.05, 3.63) is 64.0 Å². The summed E-state index contributed by atoms with van der Waals surface area (Å²) in [5, 5.41) is 10.5. The normalized spacial score (nSPS) is 10.9. The third-order valence-corrected chi connectivity index (χ3v) is 3.46. The molecule has 0 aliphatic rings. The van der Waals surface area contributed by atoms with Crippen molar-refractivity contribution in [2.24, 2.45) is 0 Å². The molecule has 20 heavy (non-hydrogen) atoms. The second-order valence-corrected chi connectivity index (χ2v) is 4.93. The minimum atomic E-state index is -0.416. The molecule has 3 rings (SSSR count). The molecule has 0 saturated heterocycles. The summed E-state index contributed by atoms with van der Waals surface area (Å²) in [7, 11) is 0. The summed E-state index contributed by atoms with van der Waals surface area (Å²) >= 11 is 0. The number of aromatic hydroxyl groups is 1. The Hall–Kier alpha value is -2.55. The van der Waals surface area contributed by atoms with Gasteiger partial charge in [-0.3, -0.25) is 0 Å². The molecule has 0 unspecified atom stereocenters. The predicted molar refractivity (Wildman–Crippen MR) is 79.1 cm³/mol. The zero-order chi connectivity index (χ0) is 14.3. The zero-order valence-corrected chi connectivity index (χ0v) is 11.3. The second-order valence-electron chi connectivity index (χ2n) is 4.93. The van der Waals surface area contributed by atoms with Crippen LogP contribution in [0.1, 0.15) is 11.1 Å². The number of phenolic OH excluding ortho intramolecular Hbond substituents is 1. The van der Waals surface area contributed by atoms with E-state index in [1.807, 2.05) is 38.1 Å². The molecular formula is C17H14O3. The smallest absolute Gasteiger partial charge is 0.336 e. The van der Waals surface area contributed by atoms with Crippen molar-refractivity contribution >= 4 is 11.0 Å². The van der Waals surface area contributed by atoms with Gasteiger partial charge in [-0.05, 0) is 36.6 Å². The fraction of sp³-hybridized carbons (Fsp3) is 0.118. The topological polar surface area (TPSA) is 50.4 Å². The summed E-state index contributed by atoms with van der Waals surface area (Å²) in [6, 6.07) is 12.6. The molecule has 1 aromatic heterocycles. The summed E-state index contributed by atoms with van der Waals surface area (Å²) in [6.07, 6.45) is 0. The molecule has 0 fully saturated rings. The number of rotatable bonds is 1. The van der Waals surface area contributed by atoms with Gasteiger partial charge in [-0.15, -0.1) is 0 Å². The van der Waals surface area contributed by atoms with Gasteiger partial charge in [0.05, 0.1) is 0 Å². The molecule has 100 valence electrons. The van der Waals surface area contributed by atoms with Gasteiger partial charge in [-0.2, -0.15) is 0 Å². The number of benzene rings is 2. The zero-order valence-electron chi connectivity index (χ0n) is 11.3. The van der Waals surface area contributed by atoms with Gasteiger partial charge < -0.3 is 9.52 Å². The van der Waals surface area contributed by atoms with Gasteiger partial charge >= 0.3 is 5.63 Å². The Kier molecular flexibility index (Phi) is 2.83. The maximum Gasteiger partial charge on any atom is 0.336 e. The minimum Gasteiger partial charge on any atom is -0.508 e. The largest absolute Gasteiger partial charge is 0.508 e. The first-order valence-electron chi connectivity index (χ1n) is 6.40. The van der Waals surface area contributed by atoms with E-state index in [1.165, 1.54) is 12.1 Å². The van der Waals surface area contributed by atoms with Gasteiger partial charge in [-0.1, -0.05) is 24.3 Å². The third kappa shape index (κ3) is 1.97. The van der Waals surface area contributed by atoms with E-state index >= 15 is 0 Å². The van der Waals surface area contributed by atoms with Crippen LogP contribution in [0.3, 0.4) is 0 Å². The van der Waals surface area contributed by atoms with Gasteiger partial charge in [0.15, 0.2) is 0 Å². The van der Waals surface area contributed by atoms with Crippen molar-refractivity contribution in [2.45, 2.75) is 13.8 Å². The van der Waals surface area contributed by atoms with Crippen LogP contribution in [-0.4, -0.2) is 5.11 Å². The van der Waals surface area contributed by atoms with Crippen LogP contribution in [-0.2, 0) is 0 Å². The van der Waals surface area contributed by atoms with Gasteiger partial charge in [0, 0.05) is 23.1 Å². The van der Waals surface area contributed by atoms with E-state index in [-0.39, 0.29) is 5.75 Å². The Morgan fingerprint density at radius 3 is 2.45 bits per heavy atom. The average molecular weight is 266 g/mol. The van der Waals surface area contributed by atoms with Gasteiger partial charge in [0.25, 0.3) is 0 Å². The summed E-state index contributed by atoms with van der Waals surface area (Å²) in [4.78, 5) is 11.8. The highest BCUT2D eigenvalue weighted by molar-refractivity contribution is 5.96. The Labute approximate surface area is 116 Å². The predicted octanol–water partition coefficient (Wildman–Crippen LogP) is 3.78. The molecule has 3 aromatic rings. The highest BCUT2D eigenvalue weighted by Crippen LogP contribution is 2.33. The van der Waals surface area contributed by atoms with Crippen LogP contribution in [0.4, 0.5) is 0 Å². The maximum atomic E-state index is 11.8. The Morgan fingerprint density at radius 1 is 0.950 bits per heavy atom. The first-order chi connectivity index (χ1) is 9.56. The molecule has 3 nitrogen and oxygen atoms in total. The maximum absolute atomic E-state index is 11.8. The van der Waals surface area contributed by atoms with Gasteiger partial charge in [-0.25, -0.2) is 4.79 Å². The molecule has 1 heterocycles. The van der Waals surface area contributed by atoms with Crippen molar-refractivity contribution in [2.75, 3.05) is 0 Å². The fourth-order valence-corrected chi connectivity index (χ4v) is 2.58. The molecule has 0 spiro atoms. The Balaban J connectivity index is 2.48. The van der Waals surface area contributed by atoms with E-state index in [4.69, 9.17) is 4.42 Å². The number of hydrogen-bond donors (Lipinski definition) is 1. The standard InChI is InChI=1S/C17H14O3/c1-10-5-3-4-6-13(10)14-9-16(19)20-15-8-12(18)7-11(2)17(14)15/h3-9,18H,1-2H3. The van der Waals surface area contributed by atoms with E-state index in [9.17, 15) is 9.90 Å². The minimum absolute atomic E-state index is 0.0973. The molecule has 0 aliphatic heterocycles. The van der Waals surface area contributed by atoms with E-state index in [0.29, 0.717) is 5.58 Å². The van der Waals surface area contributed by atoms with Crippen LogP contribution < -0.4 is 5.63 Å². The van der Waals surface area contributed by atoms with Crippen LogP contribution in [0.25, 0.3) is 22.1 Å². The molecule has 0 saturated carbocycles. The van der Waals surface area contributed by atoms with Crippen LogP contribution in [0.5, 0.6) is 5.75 Å². The fourth-order valence-electron chi connectivity index (χ4n) is 2.58. The molecule has 0 aliphatic carbocycles. The van der Waals surface area contributed by atoms with Crippen LogP contribution >= 0.6 is 0 Å². The SMILES string of the molecule is Cc1ccccc1-c1cc(=O)oc2cc(O)cc(C)c12. The molecule has 3 heteroatoms. The lowest BCUT2D eigenvalue weighted by atomic mass is 9.95. The number of aryl methyl sites for hydroxylation is 2. The summed E-state index contributed by atoms with van der Waals surface area (Å²) in [5.41, 5.74) is 3.80. The van der Waals surface area contributed by atoms with Gasteiger partial charge in [0.2, 0.25) is 0 Å². The van der Waals surface area contributed by atoms with Crippen molar-refractivity contribution in [1.29, 1.82) is 0 Å². The lowest BCUT2D eigenvalue weighted by molar-refractivity contribution is 0.472. The van der Waals surface area contributed by atoms with Crippen LogP contribution in [0.2, 0.25) is 0 Å². The van der Waals surface area contributed by atoms with Crippen LogP contribution in [0.15, 0.2) is 51.7 Å². The Bertz CT molecular complexity index is 860. The van der Waals surface area contributed by atoms with Crippen molar-refractivity contribution < 1.29 is 9.52 Å². The molecule has 0 radical (unpaired) electrons.